The monoisotopic (exact) mass is 471 g/mol. The van der Waals surface area contributed by atoms with Gasteiger partial charge in [0.15, 0.2) is 11.5 Å². The van der Waals surface area contributed by atoms with Crippen LogP contribution in [0.1, 0.15) is 48.7 Å². The molecular formula is C20H18Cl2F3N5O. The highest BCUT2D eigenvalue weighted by Crippen LogP contribution is 2.47. The Morgan fingerprint density at radius 1 is 1.26 bits per heavy atom. The molecule has 0 spiro atoms. The zero-order valence-electron chi connectivity index (χ0n) is 16.3. The first kappa shape index (κ1) is 21.7. The lowest BCUT2D eigenvalue weighted by Crippen LogP contribution is -2.26. The topological polar surface area (TPSA) is 64.7 Å². The van der Waals surface area contributed by atoms with Gasteiger partial charge in [0.2, 0.25) is 5.91 Å². The number of amides is 1. The SMILES string of the molecule is CC(C(=O)Nc1ccn(Cc2cccc(Cl)c2)n1)n1nc(C(F)(F)F)c(Cl)c1C1CC1. The third-order valence-electron chi connectivity index (χ3n) is 4.99. The third kappa shape index (κ3) is 4.72. The van der Waals surface area contributed by atoms with E-state index in [0.717, 1.165) is 10.2 Å². The van der Waals surface area contributed by atoms with E-state index in [9.17, 15) is 18.0 Å². The lowest BCUT2D eigenvalue weighted by molar-refractivity contribution is -0.141. The molecule has 3 aromatic rings. The van der Waals surface area contributed by atoms with Crippen molar-refractivity contribution in [3.8, 4) is 0 Å². The Hall–Kier alpha value is -2.52. The number of hydrogen-bond acceptors (Lipinski definition) is 3. The Morgan fingerprint density at radius 2 is 2.00 bits per heavy atom. The summed E-state index contributed by atoms with van der Waals surface area (Å²) in [6.07, 6.45) is -1.58. The fourth-order valence-electron chi connectivity index (χ4n) is 3.31. The van der Waals surface area contributed by atoms with E-state index in [4.69, 9.17) is 23.2 Å². The molecule has 0 bridgehead atoms. The number of hydrogen-bond donors (Lipinski definition) is 1. The maximum absolute atomic E-state index is 13.3. The standard InChI is InChI=1S/C20H18Cl2F3N5O/c1-11(30-17(13-5-6-13)16(22)18(28-30)20(23,24)25)19(31)26-15-7-8-29(27-15)10-12-3-2-4-14(21)9-12/h2-4,7-9,11,13H,5-6,10H2,1H3,(H,26,27,31). The summed E-state index contributed by atoms with van der Waals surface area (Å²) in [4.78, 5) is 12.7. The molecule has 1 aliphatic rings. The lowest BCUT2D eigenvalue weighted by Gasteiger charge is -2.15. The van der Waals surface area contributed by atoms with E-state index in [2.05, 4.69) is 15.5 Å². The quantitative estimate of drug-likeness (QED) is 0.513. The Bertz CT molecular complexity index is 1120. The Morgan fingerprint density at radius 3 is 2.65 bits per heavy atom. The first-order valence-corrected chi connectivity index (χ1v) is 10.3. The van der Waals surface area contributed by atoms with Crippen molar-refractivity contribution in [1.29, 1.82) is 0 Å². The van der Waals surface area contributed by atoms with Gasteiger partial charge in [-0.15, -0.1) is 0 Å². The Balaban J connectivity index is 1.50. The maximum Gasteiger partial charge on any atom is 0.436 e. The second kappa shape index (κ2) is 8.20. The molecule has 1 saturated carbocycles. The van der Waals surface area contributed by atoms with Crippen molar-refractivity contribution in [3.63, 3.8) is 0 Å². The van der Waals surface area contributed by atoms with Gasteiger partial charge in [-0.3, -0.25) is 14.2 Å². The van der Waals surface area contributed by atoms with Crippen molar-refractivity contribution in [1.82, 2.24) is 19.6 Å². The van der Waals surface area contributed by atoms with Crippen LogP contribution in [0, 0.1) is 0 Å². The van der Waals surface area contributed by atoms with Crippen molar-refractivity contribution < 1.29 is 18.0 Å². The largest absolute Gasteiger partial charge is 0.436 e. The average molecular weight is 472 g/mol. The van der Waals surface area contributed by atoms with Crippen LogP contribution in [-0.4, -0.2) is 25.5 Å². The van der Waals surface area contributed by atoms with Crippen LogP contribution in [0.4, 0.5) is 19.0 Å². The summed E-state index contributed by atoms with van der Waals surface area (Å²) in [6, 6.07) is 7.90. The van der Waals surface area contributed by atoms with E-state index >= 15 is 0 Å². The maximum atomic E-state index is 13.3. The van der Waals surface area contributed by atoms with Gasteiger partial charge in [-0.25, -0.2) is 0 Å². The van der Waals surface area contributed by atoms with Crippen LogP contribution in [0.5, 0.6) is 0 Å². The van der Waals surface area contributed by atoms with Gasteiger partial charge in [-0.1, -0.05) is 35.3 Å². The zero-order chi connectivity index (χ0) is 22.3. The number of nitrogens with one attached hydrogen (secondary N) is 1. The van der Waals surface area contributed by atoms with Crippen LogP contribution in [0.3, 0.4) is 0 Å². The molecule has 0 aliphatic heterocycles. The van der Waals surface area contributed by atoms with Crippen molar-refractivity contribution in [2.24, 2.45) is 0 Å². The smallest absolute Gasteiger partial charge is 0.307 e. The van der Waals surface area contributed by atoms with Crippen LogP contribution in [0.25, 0.3) is 0 Å². The molecule has 2 aromatic heterocycles. The molecule has 1 amide bonds. The molecule has 0 radical (unpaired) electrons. The van der Waals surface area contributed by atoms with Gasteiger partial charge in [0.1, 0.15) is 6.04 Å². The average Bonchev–Trinajstić information content (AvgIpc) is 3.33. The summed E-state index contributed by atoms with van der Waals surface area (Å²) in [6.45, 7) is 1.93. The molecule has 1 atom stereocenters. The van der Waals surface area contributed by atoms with E-state index in [-0.39, 0.29) is 17.4 Å². The number of alkyl halides is 3. The van der Waals surface area contributed by atoms with E-state index in [0.29, 0.717) is 24.4 Å². The van der Waals surface area contributed by atoms with Crippen molar-refractivity contribution >= 4 is 34.9 Å². The molecular weight excluding hydrogens is 454 g/mol. The third-order valence-corrected chi connectivity index (χ3v) is 5.60. The van der Waals surface area contributed by atoms with Gasteiger partial charge in [-0.05, 0) is 37.5 Å². The van der Waals surface area contributed by atoms with Gasteiger partial charge in [-0.2, -0.15) is 23.4 Å². The highest BCUT2D eigenvalue weighted by molar-refractivity contribution is 6.32. The van der Waals surface area contributed by atoms with Crippen LogP contribution in [0.2, 0.25) is 10.0 Å². The van der Waals surface area contributed by atoms with Crippen molar-refractivity contribution in [2.75, 3.05) is 5.32 Å². The molecule has 1 aromatic carbocycles. The molecule has 11 heteroatoms. The van der Waals surface area contributed by atoms with Crippen LogP contribution >= 0.6 is 23.2 Å². The van der Waals surface area contributed by atoms with Crippen molar-refractivity contribution in [3.05, 3.63) is 63.5 Å². The number of aromatic nitrogens is 4. The molecule has 4 rings (SSSR count). The second-order valence-electron chi connectivity index (χ2n) is 7.46. The summed E-state index contributed by atoms with van der Waals surface area (Å²) in [7, 11) is 0. The summed E-state index contributed by atoms with van der Waals surface area (Å²) in [5.41, 5.74) is 0.0198. The lowest BCUT2D eigenvalue weighted by atomic mass is 10.2. The van der Waals surface area contributed by atoms with Gasteiger partial charge in [0.05, 0.1) is 17.3 Å². The Kier molecular flexibility index (Phi) is 5.74. The van der Waals surface area contributed by atoms with Gasteiger partial charge >= 0.3 is 6.18 Å². The summed E-state index contributed by atoms with van der Waals surface area (Å²) in [5.74, 6) is -0.382. The normalized spacial score (nSPS) is 15.2. The molecule has 0 saturated heterocycles. The van der Waals surface area contributed by atoms with Gasteiger partial charge in [0, 0.05) is 23.2 Å². The highest BCUT2D eigenvalue weighted by Gasteiger charge is 2.43. The number of anilines is 1. The number of nitrogens with zero attached hydrogens (tertiary/aromatic N) is 4. The fraction of sp³-hybridized carbons (Fsp3) is 0.350. The molecule has 6 nitrogen and oxygen atoms in total. The first-order chi connectivity index (χ1) is 14.6. The van der Waals surface area contributed by atoms with Gasteiger partial charge in [0.25, 0.3) is 0 Å². The zero-order valence-corrected chi connectivity index (χ0v) is 17.8. The molecule has 1 fully saturated rings. The number of carbonyl (C=O) groups excluding carboxylic acids is 1. The number of benzene rings is 1. The minimum absolute atomic E-state index is 0.122. The van der Waals surface area contributed by atoms with E-state index in [1.165, 1.54) is 6.92 Å². The number of carbonyl (C=O) groups is 1. The predicted molar refractivity (Wildman–Crippen MR) is 110 cm³/mol. The van der Waals surface area contributed by atoms with Crippen LogP contribution in [-0.2, 0) is 17.5 Å². The van der Waals surface area contributed by atoms with E-state index in [1.54, 1.807) is 23.0 Å². The molecule has 2 heterocycles. The second-order valence-corrected chi connectivity index (χ2v) is 8.27. The predicted octanol–water partition coefficient (Wildman–Crippen LogP) is 5.53. The first-order valence-electron chi connectivity index (χ1n) is 9.57. The van der Waals surface area contributed by atoms with Crippen LogP contribution in [0.15, 0.2) is 36.5 Å². The number of halogens is 5. The number of rotatable bonds is 6. The summed E-state index contributed by atoms with van der Waals surface area (Å²) in [5, 5.41) is 10.7. The molecule has 1 N–H and O–H groups in total. The summed E-state index contributed by atoms with van der Waals surface area (Å²) < 4.78 is 42.5. The summed E-state index contributed by atoms with van der Waals surface area (Å²) >= 11 is 12.0. The highest BCUT2D eigenvalue weighted by atomic mass is 35.5. The van der Waals surface area contributed by atoms with Gasteiger partial charge < -0.3 is 5.32 Å². The van der Waals surface area contributed by atoms with E-state index in [1.807, 2.05) is 18.2 Å². The molecule has 1 aliphatic carbocycles. The minimum atomic E-state index is -4.69. The fourth-order valence-corrected chi connectivity index (χ4v) is 3.91. The molecule has 1 unspecified atom stereocenters. The van der Waals surface area contributed by atoms with Crippen LogP contribution < -0.4 is 5.32 Å². The Labute approximate surface area is 185 Å². The van der Waals surface area contributed by atoms with E-state index < -0.39 is 28.8 Å². The molecule has 164 valence electrons. The minimum Gasteiger partial charge on any atom is -0.307 e. The molecule has 31 heavy (non-hydrogen) atoms. The van der Waals surface area contributed by atoms with Crippen molar-refractivity contribution in [2.45, 2.75) is 44.4 Å².